The molecule has 38 heavy (non-hydrogen) atoms. The molecule has 0 saturated carbocycles. The summed E-state index contributed by atoms with van der Waals surface area (Å²) in [4.78, 5) is 35.3. The van der Waals surface area contributed by atoms with Crippen molar-refractivity contribution in [2.45, 2.75) is 0 Å². The largest absolute Gasteiger partial charge is 0.494 e. The van der Waals surface area contributed by atoms with Crippen LogP contribution in [-0.2, 0) is 0 Å². The second kappa shape index (κ2) is 10.7. The van der Waals surface area contributed by atoms with Crippen LogP contribution < -0.4 is 10.5 Å². The summed E-state index contributed by atoms with van der Waals surface area (Å²) >= 11 is 0. The van der Waals surface area contributed by atoms with E-state index in [4.69, 9.17) is 5.11 Å². The number of aromatic nitrogens is 1. The van der Waals surface area contributed by atoms with Crippen molar-refractivity contribution >= 4 is 46.5 Å². The van der Waals surface area contributed by atoms with Crippen molar-refractivity contribution in [2.24, 2.45) is 4.99 Å². The molecule has 1 aliphatic heterocycles. The number of fused-ring (bicyclic) bond motifs is 1. The van der Waals surface area contributed by atoms with E-state index in [9.17, 15) is 14.7 Å². The number of H-pyrrole nitrogens is 1. The molecule has 8 heteroatoms. The Morgan fingerprint density at radius 2 is 1.55 bits per heavy atom. The predicted octanol–water partition coefficient (Wildman–Crippen LogP) is 4.60. The second-order valence-corrected chi connectivity index (χ2v) is 9.35. The molecule has 1 aliphatic rings. The van der Waals surface area contributed by atoms with Gasteiger partial charge in [0.25, 0.3) is 5.56 Å². The molecule has 1 aromatic heterocycles. The Morgan fingerprint density at radius 3 is 2.24 bits per heavy atom. The van der Waals surface area contributed by atoms with Crippen LogP contribution in [0.3, 0.4) is 0 Å². The maximum atomic E-state index is 12.5. The minimum Gasteiger partial charge on any atom is -0.494 e. The number of anilines is 1. The van der Waals surface area contributed by atoms with Crippen molar-refractivity contribution in [1.29, 1.82) is 0 Å². The highest BCUT2D eigenvalue weighted by atomic mass is 16.4. The monoisotopic (exact) mass is 508 g/mol. The third-order valence-corrected chi connectivity index (χ3v) is 6.75. The van der Waals surface area contributed by atoms with Crippen LogP contribution in [0.15, 0.2) is 76.5 Å². The zero-order valence-electron chi connectivity index (χ0n) is 21.0. The van der Waals surface area contributed by atoms with Gasteiger partial charge < -0.3 is 20.0 Å². The Morgan fingerprint density at radius 1 is 0.895 bits per heavy atom. The molecule has 0 aliphatic carbocycles. The summed E-state index contributed by atoms with van der Waals surface area (Å²) in [6.07, 6.45) is 5.29. The summed E-state index contributed by atoms with van der Waals surface area (Å²) in [5.74, 6) is -1.22. The summed E-state index contributed by atoms with van der Waals surface area (Å²) < 4.78 is 0. The molecule has 0 bridgehead atoms. The number of carbonyl (C=O) groups is 1. The number of aliphatic imine (C=N–C) groups is 1. The molecule has 0 atom stereocenters. The number of rotatable bonds is 6. The SMILES string of the molecule is CN1CCN(c2ccc(N=Cc3c(O)[nH]c(=O)c4ccc(C=Cc5ccc(C(=O)O)cc5)cc34)cc2)CC1. The maximum Gasteiger partial charge on any atom is 0.335 e. The van der Waals surface area contributed by atoms with Crippen LogP contribution >= 0.6 is 0 Å². The molecule has 0 radical (unpaired) electrons. The number of pyridine rings is 1. The van der Waals surface area contributed by atoms with Crippen molar-refractivity contribution in [3.8, 4) is 5.88 Å². The lowest BCUT2D eigenvalue weighted by Crippen LogP contribution is -2.44. The van der Waals surface area contributed by atoms with Gasteiger partial charge in [0.1, 0.15) is 0 Å². The van der Waals surface area contributed by atoms with Crippen LogP contribution in [0.5, 0.6) is 5.88 Å². The van der Waals surface area contributed by atoms with Gasteiger partial charge in [-0.05, 0) is 66.7 Å². The third kappa shape index (κ3) is 5.50. The molecule has 0 amide bonds. The van der Waals surface area contributed by atoms with E-state index in [0.29, 0.717) is 16.3 Å². The quantitative estimate of drug-likeness (QED) is 0.259. The number of likely N-dealkylation sites (N-methyl/N-ethyl adjacent to an activating group) is 1. The summed E-state index contributed by atoms with van der Waals surface area (Å²) in [5.41, 5.74) is 3.81. The molecule has 1 saturated heterocycles. The molecule has 2 heterocycles. The fraction of sp³-hybridized carbons (Fsp3) is 0.167. The first-order valence-electron chi connectivity index (χ1n) is 12.4. The van der Waals surface area contributed by atoms with Crippen LogP contribution in [0.25, 0.3) is 22.9 Å². The fourth-order valence-electron chi connectivity index (χ4n) is 4.47. The van der Waals surface area contributed by atoms with Crippen molar-refractivity contribution in [3.63, 3.8) is 0 Å². The van der Waals surface area contributed by atoms with E-state index < -0.39 is 5.97 Å². The molecule has 192 valence electrons. The van der Waals surface area contributed by atoms with E-state index in [-0.39, 0.29) is 17.0 Å². The number of aromatic hydroxyl groups is 1. The summed E-state index contributed by atoms with van der Waals surface area (Å²) in [6.45, 7) is 4.04. The number of carboxylic acid groups (broad SMARTS) is 1. The molecule has 5 rings (SSSR count). The van der Waals surface area contributed by atoms with Gasteiger partial charge in [-0.15, -0.1) is 0 Å². The van der Waals surface area contributed by atoms with Gasteiger partial charge in [0.05, 0.1) is 16.8 Å². The molecule has 3 aromatic carbocycles. The molecule has 3 N–H and O–H groups in total. The number of nitrogens with one attached hydrogen (secondary N) is 1. The maximum absolute atomic E-state index is 12.5. The lowest BCUT2D eigenvalue weighted by molar-refractivity contribution is 0.0697. The van der Waals surface area contributed by atoms with Crippen molar-refractivity contribution in [2.75, 3.05) is 38.1 Å². The van der Waals surface area contributed by atoms with E-state index in [2.05, 4.69) is 39.0 Å². The Kier molecular flexibility index (Phi) is 7.06. The van der Waals surface area contributed by atoms with Crippen LogP contribution in [-0.4, -0.2) is 65.5 Å². The highest BCUT2D eigenvalue weighted by molar-refractivity contribution is 6.02. The average molecular weight is 509 g/mol. The molecule has 0 spiro atoms. The number of hydrogen-bond acceptors (Lipinski definition) is 6. The number of aromatic amines is 1. The molecular weight excluding hydrogens is 480 g/mol. The van der Waals surface area contributed by atoms with E-state index in [1.807, 2.05) is 36.4 Å². The molecule has 4 aromatic rings. The minimum atomic E-state index is -0.972. The summed E-state index contributed by atoms with van der Waals surface area (Å²) in [6, 6.07) is 19.9. The fourth-order valence-corrected chi connectivity index (χ4v) is 4.47. The standard InChI is InChI=1S/C30H28N4O4/c1-33-14-16-34(17-15-33)24-11-9-23(10-12-24)31-19-27-26-18-21(6-13-25(26)28(35)32-29(27)36)3-2-20-4-7-22(8-5-20)30(37)38/h2-13,18-19H,14-17H2,1H3,(H,37,38)(H2,32,35,36). The third-order valence-electron chi connectivity index (χ3n) is 6.75. The van der Waals surface area contributed by atoms with Crippen LogP contribution in [0.2, 0.25) is 0 Å². The molecule has 8 nitrogen and oxygen atoms in total. The van der Waals surface area contributed by atoms with Gasteiger partial charge in [-0.1, -0.05) is 30.4 Å². The highest BCUT2D eigenvalue weighted by Crippen LogP contribution is 2.25. The van der Waals surface area contributed by atoms with Crippen molar-refractivity contribution in [3.05, 3.63) is 99.3 Å². The zero-order chi connectivity index (χ0) is 26.6. The number of benzene rings is 3. The minimum absolute atomic E-state index is 0.223. The number of carboxylic acids is 1. The first kappa shape index (κ1) is 25.0. The van der Waals surface area contributed by atoms with Gasteiger partial charge in [-0.2, -0.15) is 0 Å². The first-order chi connectivity index (χ1) is 18.4. The Hall–Kier alpha value is -4.69. The number of nitrogens with zero attached hydrogens (tertiary/aromatic N) is 3. The number of piperazine rings is 1. The lowest BCUT2D eigenvalue weighted by Gasteiger charge is -2.34. The van der Waals surface area contributed by atoms with E-state index in [0.717, 1.165) is 48.7 Å². The lowest BCUT2D eigenvalue weighted by atomic mass is 10.0. The zero-order valence-corrected chi connectivity index (χ0v) is 21.0. The van der Waals surface area contributed by atoms with Crippen LogP contribution in [0.4, 0.5) is 11.4 Å². The van der Waals surface area contributed by atoms with Gasteiger partial charge in [0.15, 0.2) is 0 Å². The summed E-state index contributed by atoms with van der Waals surface area (Å²) in [7, 11) is 2.13. The smallest absolute Gasteiger partial charge is 0.335 e. The molecule has 1 fully saturated rings. The van der Waals surface area contributed by atoms with E-state index >= 15 is 0 Å². The molecule has 0 unspecified atom stereocenters. The highest BCUT2D eigenvalue weighted by Gasteiger charge is 2.14. The topological polar surface area (TPSA) is 109 Å². The van der Waals surface area contributed by atoms with Gasteiger partial charge in [0.2, 0.25) is 5.88 Å². The van der Waals surface area contributed by atoms with Gasteiger partial charge in [-0.3, -0.25) is 14.8 Å². The Bertz CT molecular complexity index is 1580. The summed E-state index contributed by atoms with van der Waals surface area (Å²) in [5, 5.41) is 20.6. The van der Waals surface area contributed by atoms with Crippen molar-refractivity contribution in [1.82, 2.24) is 9.88 Å². The Balaban J connectivity index is 1.41. The predicted molar refractivity (Wildman–Crippen MR) is 152 cm³/mol. The van der Waals surface area contributed by atoms with Gasteiger partial charge in [0, 0.05) is 48.9 Å². The average Bonchev–Trinajstić information content (AvgIpc) is 2.92. The Labute approximate surface area is 219 Å². The van der Waals surface area contributed by atoms with E-state index in [1.165, 1.54) is 0 Å². The normalized spacial score (nSPS) is 14.6. The second-order valence-electron chi connectivity index (χ2n) is 9.35. The number of aromatic carboxylic acids is 1. The van der Waals surface area contributed by atoms with Crippen molar-refractivity contribution < 1.29 is 15.0 Å². The van der Waals surface area contributed by atoms with E-state index in [1.54, 1.807) is 36.5 Å². The van der Waals surface area contributed by atoms with Crippen LogP contribution in [0.1, 0.15) is 27.0 Å². The van der Waals surface area contributed by atoms with Gasteiger partial charge >= 0.3 is 5.97 Å². The first-order valence-corrected chi connectivity index (χ1v) is 12.4. The number of hydrogen-bond donors (Lipinski definition) is 3. The van der Waals surface area contributed by atoms with Crippen LogP contribution in [0, 0.1) is 0 Å². The van der Waals surface area contributed by atoms with Gasteiger partial charge in [-0.25, -0.2) is 4.79 Å². The molecular formula is C30H28N4O4.